The van der Waals surface area contributed by atoms with E-state index >= 15 is 0 Å². The van der Waals surface area contributed by atoms with Crippen molar-refractivity contribution in [1.29, 1.82) is 0 Å². The topological polar surface area (TPSA) is 87.7 Å². The summed E-state index contributed by atoms with van der Waals surface area (Å²) >= 11 is 1.63. The summed E-state index contributed by atoms with van der Waals surface area (Å²) in [6.07, 6.45) is 1.94. The van der Waals surface area contributed by atoms with Gasteiger partial charge >= 0.3 is 0 Å². The predicted octanol–water partition coefficient (Wildman–Crippen LogP) is 2.48. The Morgan fingerprint density at radius 3 is 2.60 bits per heavy atom. The molecule has 20 heavy (non-hydrogen) atoms. The van der Waals surface area contributed by atoms with Crippen molar-refractivity contribution in [2.75, 3.05) is 0 Å². The molecule has 1 rings (SSSR count). The molecule has 0 spiro atoms. The van der Waals surface area contributed by atoms with Crippen molar-refractivity contribution < 1.29 is 10.0 Å². The Bertz CT molecular complexity index is 479. The van der Waals surface area contributed by atoms with Crippen molar-refractivity contribution in [3.63, 3.8) is 0 Å². The number of hydrogen-bond acceptors (Lipinski definition) is 4. The third-order valence-corrected chi connectivity index (χ3v) is 4.83. The Hall–Kier alpha value is -1.56. The Labute approximate surface area is 123 Å². The van der Waals surface area contributed by atoms with E-state index in [0.29, 0.717) is 19.4 Å². The zero-order valence-electron chi connectivity index (χ0n) is 12.3. The Kier molecular flexibility index (Phi) is 6.01. The Balaban J connectivity index is 2.83. The van der Waals surface area contributed by atoms with Crippen LogP contribution in [0.2, 0.25) is 0 Å². The van der Waals surface area contributed by atoms with Gasteiger partial charge in [-0.1, -0.05) is 25.9 Å². The molecule has 0 saturated heterocycles. The van der Waals surface area contributed by atoms with Gasteiger partial charge in [0.1, 0.15) is 5.41 Å². The molecule has 0 saturated carbocycles. The van der Waals surface area contributed by atoms with Crippen LogP contribution in [0.4, 0.5) is 0 Å². The van der Waals surface area contributed by atoms with Gasteiger partial charge in [-0.3, -0.25) is 4.79 Å². The number of hydrogen-bond donors (Lipinski definition) is 3. The molecule has 1 heterocycles. The highest BCUT2D eigenvalue weighted by atomic mass is 32.1. The van der Waals surface area contributed by atoms with Crippen molar-refractivity contribution in [1.82, 2.24) is 5.32 Å². The van der Waals surface area contributed by atoms with E-state index in [2.05, 4.69) is 23.5 Å². The first-order chi connectivity index (χ1) is 9.55. The van der Waals surface area contributed by atoms with Crippen LogP contribution in [0.3, 0.4) is 0 Å². The summed E-state index contributed by atoms with van der Waals surface area (Å²) in [6, 6.07) is 2.07. The lowest BCUT2D eigenvalue weighted by atomic mass is 9.80. The van der Waals surface area contributed by atoms with Crippen LogP contribution in [-0.2, 0) is 17.8 Å². The van der Waals surface area contributed by atoms with Crippen LogP contribution in [0, 0.1) is 5.41 Å². The van der Waals surface area contributed by atoms with Gasteiger partial charge < -0.3 is 16.3 Å². The van der Waals surface area contributed by atoms with Gasteiger partial charge in [0.05, 0.1) is 6.54 Å². The summed E-state index contributed by atoms with van der Waals surface area (Å²) in [4.78, 5) is 13.6. The summed E-state index contributed by atoms with van der Waals surface area (Å²) in [6.45, 7) is 6.31. The van der Waals surface area contributed by atoms with Crippen molar-refractivity contribution in [3.8, 4) is 0 Å². The minimum absolute atomic E-state index is 0.0260. The van der Waals surface area contributed by atoms with E-state index in [4.69, 9.17) is 10.9 Å². The molecule has 0 radical (unpaired) electrons. The maximum Gasteiger partial charge on any atom is 0.234 e. The zero-order chi connectivity index (χ0) is 15.2. The second kappa shape index (κ2) is 7.28. The molecule has 0 aliphatic carbocycles. The molecule has 5 nitrogen and oxygen atoms in total. The number of carbonyl (C=O) groups is 1. The smallest absolute Gasteiger partial charge is 0.234 e. The van der Waals surface area contributed by atoms with Gasteiger partial charge in [-0.05, 0) is 36.3 Å². The Morgan fingerprint density at radius 2 is 2.10 bits per heavy atom. The third kappa shape index (κ3) is 3.12. The van der Waals surface area contributed by atoms with Crippen LogP contribution in [0.5, 0.6) is 0 Å². The summed E-state index contributed by atoms with van der Waals surface area (Å²) in [5.41, 5.74) is 6.04. The number of nitrogens with zero attached hydrogens (tertiary/aromatic N) is 1. The lowest BCUT2D eigenvalue weighted by Crippen LogP contribution is -2.49. The first kappa shape index (κ1) is 16.5. The first-order valence-electron chi connectivity index (χ1n) is 6.87. The molecular weight excluding hydrogens is 274 g/mol. The number of thiophene rings is 1. The van der Waals surface area contributed by atoms with Crippen LogP contribution >= 0.6 is 11.3 Å². The highest BCUT2D eigenvalue weighted by molar-refractivity contribution is 7.10. The van der Waals surface area contributed by atoms with E-state index in [9.17, 15) is 4.79 Å². The average molecular weight is 297 g/mol. The van der Waals surface area contributed by atoms with Crippen molar-refractivity contribution in [3.05, 3.63) is 21.9 Å². The largest absolute Gasteiger partial charge is 0.409 e. The fourth-order valence-corrected chi connectivity index (χ4v) is 3.23. The molecule has 1 aromatic rings. The van der Waals surface area contributed by atoms with E-state index in [1.807, 2.05) is 19.2 Å². The Morgan fingerprint density at radius 1 is 1.45 bits per heavy atom. The highest BCUT2D eigenvalue weighted by Gasteiger charge is 2.39. The van der Waals surface area contributed by atoms with Crippen molar-refractivity contribution in [2.45, 2.75) is 46.6 Å². The van der Waals surface area contributed by atoms with Crippen LogP contribution in [0.25, 0.3) is 0 Å². The summed E-state index contributed by atoms with van der Waals surface area (Å²) in [7, 11) is 0. The quantitative estimate of drug-likeness (QED) is 0.313. The van der Waals surface area contributed by atoms with Crippen molar-refractivity contribution in [2.24, 2.45) is 16.3 Å². The lowest BCUT2D eigenvalue weighted by molar-refractivity contribution is -0.128. The number of nitrogens with two attached hydrogens (primary N) is 1. The maximum absolute atomic E-state index is 12.4. The molecule has 0 aromatic carbocycles. The monoisotopic (exact) mass is 297 g/mol. The minimum Gasteiger partial charge on any atom is -0.409 e. The number of oxime groups is 1. The van der Waals surface area contributed by atoms with Gasteiger partial charge in [0.15, 0.2) is 5.84 Å². The van der Waals surface area contributed by atoms with Gasteiger partial charge in [0.2, 0.25) is 5.91 Å². The predicted molar refractivity (Wildman–Crippen MR) is 82.0 cm³/mol. The van der Waals surface area contributed by atoms with Gasteiger partial charge in [-0.2, -0.15) is 0 Å². The van der Waals surface area contributed by atoms with Crippen LogP contribution in [-0.4, -0.2) is 17.0 Å². The second-order valence-corrected chi connectivity index (χ2v) is 5.68. The minimum atomic E-state index is -0.932. The van der Waals surface area contributed by atoms with Crippen LogP contribution in [0.15, 0.2) is 16.6 Å². The molecule has 112 valence electrons. The van der Waals surface area contributed by atoms with Crippen LogP contribution in [0.1, 0.15) is 44.1 Å². The van der Waals surface area contributed by atoms with E-state index < -0.39 is 5.41 Å². The average Bonchev–Trinajstić information content (AvgIpc) is 2.93. The van der Waals surface area contributed by atoms with E-state index in [1.165, 1.54) is 5.56 Å². The maximum atomic E-state index is 12.4. The second-order valence-electron chi connectivity index (χ2n) is 4.68. The molecule has 1 aromatic heterocycles. The van der Waals surface area contributed by atoms with Crippen molar-refractivity contribution >= 4 is 23.1 Å². The molecule has 1 amide bonds. The molecule has 0 aliphatic heterocycles. The number of amides is 1. The zero-order valence-corrected chi connectivity index (χ0v) is 13.1. The summed E-state index contributed by atoms with van der Waals surface area (Å²) in [5.74, 6) is -0.213. The standard InChI is InChI=1S/C14H23N3O2S/c1-4-10-7-8-20-11(10)9-16-13(18)14(5-2,6-3)12(15)17-19/h7-8,19H,4-6,9H2,1-3H3,(H2,15,17)(H,16,18). The SMILES string of the molecule is CCc1ccsc1CNC(=O)C(CC)(CC)/C(N)=N/O. The molecule has 0 unspecified atom stereocenters. The number of rotatable bonds is 7. The van der Waals surface area contributed by atoms with E-state index in [-0.39, 0.29) is 11.7 Å². The summed E-state index contributed by atoms with van der Waals surface area (Å²) in [5, 5.41) is 16.9. The number of aryl methyl sites for hydroxylation is 1. The fraction of sp³-hybridized carbons (Fsp3) is 0.571. The third-order valence-electron chi connectivity index (χ3n) is 3.87. The van der Waals surface area contributed by atoms with E-state index in [0.717, 1.165) is 11.3 Å². The number of carbonyl (C=O) groups excluding carboxylic acids is 1. The highest BCUT2D eigenvalue weighted by Crippen LogP contribution is 2.27. The van der Waals surface area contributed by atoms with Gasteiger partial charge in [0.25, 0.3) is 0 Å². The van der Waals surface area contributed by atoms with Crippen LogP contribution < -0.4 is 11.1 Å². The molecule has 0 bridgehead atoms. The molecule has 0 aliphatic rings. The van der Waals surface area contributed by atoms with Gasteiger partial charge in [-0.15, -0.1) is 11.3 Å². The van der Waals surface area contributed by atoms with E-state index in [1.54, 1.807) is 11.3 Å². The molecule has 0 fully saturated rings. The van der Waals surface area contributed by atoms with Gasteiger partial charge in [-0.25, -0.2) is 0 Å². The molecule has 4 N–H and O–H groups in total. The summed E-state index contributed by atoms with van der Waals surface area (Å²) < 4.78 is 0. The molecule has 6 heteroatoms. The number of nitrogens with one attached hydrogen (secondary N) is 1. The lowest BCUT2D eigenvalue weighted by Gasteiger charge is -2.28. The normalized spacial score (nSPS) is 12.4. The molecule has 0 atom stereocenters. The molecular formula is C14H23N3O2S. The first-order valence-corrected chi connectivity index (χ1v) is 7.75. The fourth-order valence-electron chi connectivity index (χ4n) is 2.31. The van der Waals surface area contributed by atoms with Gasteiger partial charge in [0, 0.05) is 4.88 Å². The number of amidine groups is 1.